The van der Waals surface area contributed by atoms with Crippen molar-refractivity contribution < 1.29 is 19.1 Å². The number of carbonyl (C=O) groups excluding carboxylic acids is 3. The van der Waals surface area contributed by atoms with Crippen molar-refractivity contribution in [2.24, 2.45) is 0 Å². The van der Waals surface area contributed by atoms with Gasteiger partial charge in [-0.25, -0.2) is 0 Å². The van der Waals surface area contributed by atoms with Crippen LogP contribution in [0.15, 0.2) is 42.6 Å². The molecule has 1 heterocycles. The van der Waals surface area contributed by atoms with E-state index in [4.69, 9.17) is 5.73 Å². The van der Waals surface area contributed by atoms with Crippen LogP contribution in [0.5, 0.6) is 0 Å². The van der Waals surface area contributed by atoms with Crippen molar-refractivity contribution >= 4 is 29.2 Å². The van der Waals surface area contributed by atoms with Crippen LogP contribution in [0, 0.1) is 0 Å². The fourth-order valence-electron chi connectivity index (χ4n) is 1.78. The second kappa shape index (κ2) is 7.73. The summed E-state index contributed by atoms with van der Waals surface area (Å²) in [4.78, 5) is 38.8. The van der Waals surface area contributed by atoms with Gasteiger partial charge in [0.25, 0.3) is 11.8 Å². The molecule has 0 radical (unpaired) electrons. The van der Waals surface area contributed by atoms with E-state index in [0.717, 1.165) is 0 Å². The first-order valence-corrected chi connectivity index (χ1v) is 6.98. The number of rotatable bonds is 5. The Morgan fingerprint density at radius 2 is 1.88 bits per heavy atom. The number of hydrogen-bond donors (Lipinski definition) is 3. The second-order valence-corrected chi connectivity index (χ2v) is 4.73. The highest BCUT2D eigenvalue weighted by Crippen LogP contribution is 2.17. The number of methoxy groups -OCH3 is 1. The fraction of sp³-hybridized carbons (Fsp3) is 0.125. The van der Waals surface area contributed by atoms with Crippen LogP contribution in [-0.4, -0.2) is 36.4 Å². The molecule has 0 bridgehead atoms. The highest BCUT2D eigenvalue weighted by molar-refractivity contribution is 6.06. The van der Waals surface area contributed by atoms with Crippen LogP contribution in [0.25, 0.3) is 0 Å². The molecule has 0 atom stereocenters. The molecule has 1 aromatic heterocycles. The fourth-order valence-corrected chi connectivity index (χ4v) is 1.78. The van der Waals surface area contributed by atoms with E-state index in [-0.39, 0.29) is 17.8 Å². The van der Waals surface area contributed by atoms with Gasteiger partial charge in [-0.15, -0.1) is 0 Å². The summed E-state index contributed by atoms with van der Waals surface area (Å²) in [6.07, 6.45) is 1.27. The SMILES string of the molecule is COC(=O)CNC(=O)c1ccc(C(=O)Nc2ccccc2N)cn1. The Morgan fingerprint density at radius 3 is 2.50 bits per heavy atom. The monoisotopic (exact) mass is 328 g/mol. The average molecular weight is 328 g/mol. The molecule has 1 aromatic carbocycles. The van der Waals surface area contributed by atoms with Gasteiger partial charge in [-0.05, 0) is 24.3 Å². The van der Waals surface area contributed by atoms with Gasteiger partial charge in [0.05, 0.1) is 24.0 Å². The zero-order valence-electron chi connectivity index (χ0n) is 12.9. The Morgan fingerprint density at radius 1 is 1.12 bits per heavy atom. The van der Waals surface area contributed by atoms with E-state index in [1.807, 2.05) is 0 Å². The quantitative estimate of drug-likeness (QED) is 0.551. The van der Waals surface area contributed by atoms with Crippen LogP contribution in [0.2, 0.25) is 0 Å². The van der Waals surface area contributed by atoms with Crippen LogP contribution in [0.3, 0.4) is 0 Å². The molecule has 8 nitrogen and oxygen atoms in total. The number of benzene rings is 1. The lowest BCUT2D eigenvalue weighted by Gasteiger charge is -2.08. The maximum atomic E-state index is 12.1. The number of pyridine rings is 1. The third kappa shape index (κ3) is 4.29. The van der Waals surface area contributed by atoms with Crippen LogP contribution >= 0.6 is 0 Å². The Kier molecular flexibility index (Phi) is 5.45. The van der Waals surface area contributed by atoms with Crippen molar-refractivity contribution in [2.75, 3.05) is 24.7 Å². The largest absolute Gasteiger partial charge is 0.468 e. The standard InChI is InChI=1S/C16H16N4O4/c1-24-14(21)9-19-16(23)13-7-6-10(8-18-13)15(22)20-12-5-3-2-4-11(12)17/h2-8H,9,17H2,1H3,(H,19,23)(H,20,22). The van der Waals surface area contributed by atoms with Crippen molar-refractivity contribution in [2.45, 2.75) is 0 Å². The Hall–Kier alpha value is -3.42. The number of anilines is 2. The highest BCUT2D eigenvalue weighted by Gasteiger charge is 2.12. The number of para-hydroxylation sites is 2. The van der Waals surface area contributed by atoms with E-state index in [0.29, 0.717) is 11.4 Å². The Bertz CT molecular complexity index is 759. The first-order chi connectivity index (χ1) is 11.5. The van der Waals surface area contributed by atoms with Crippen LogP contribution in [-0.2, 0) is 9.53 Å². The smallest absolute Gasteiger partial charge is 0.325 e. The molecular formula is C16H16N4O4. The van der Waals surface area contributed by atoms with Crippen molar-refractivity contribution in [1.29, 1.82) is 0 Å². The number of esters is 1. The molecule has 2 amide bonds. The number of hydrogen-bond acceptors (Lipinski definition) is 6. The van der Waals surface area contributed by atoms with Crippen molar-refractivity contribution in [3.8, 4) is 0 Å². The van der Waals surface area contributed by atoms with E-state index in [2.05, 4.69) is 20.4 Å². The molecule has 0 aliphatic carbocycles. The first-order valence-electron chi connectivity index (χ1n) is 6.98. The van der Waals surface area contributed by atoms with Gasteiger partial charge < -0.3 is 21.1 Å². The maximum Gasteiger partial charge on any atom is 0.325 e. The van der Waals surface area contributed by atoms with Gasteiger partial charge in [-0.1, -0.05) is 12.1 Å². The molecule has 0 saturated carbocycles. The van der Waals surface area contributed by atoms with E-state index >= 15 is 0 Å². The molecule has 8 heteroatoms. The van der Waals surface area contributed by atoms with E-state index in [1.54, 1.807) is 24.3 Å². The molecule has 0 unspecified atom stereocenters. The molecule has 2 rings (SSSR count). The lowest BCUT2D eigenvalue weighted by atomic mass is 10.2. The topological polar surface area (TPSA) is 123 Å². The van der Waals surface area contributed by atoms with Gasteiger partial charge in [-0.3, -0.25) is 19.4 Å². The van der Waals surface area contributed by atoms with Gasteiger partial charge in [0.2, 0.25) is 0 Å². The Balaban J connectivity index is 2.01. The summed E-state index contributed by atoms with van der Waals surface area (Å²) in [5.41, 5.74) is 7.03. The first kappa shape index (κ1) is 16.9. The normalized spacial score (nSPS) is 9.88. The molecule has 0 aliphatic rings. The molecule has 0 saturated heterocycles. The Labute approximate surface area is 138 Å². The van der Waals surface area contributed by atoms with Gasteiger partial charge >= 0.3 is 5.97 Å². The lowest BCUT2D eigenvalue weighted by molar-refractivity contribution is -0.139. The molecule has 124 valence electrons. The number of nitrogens with zero attached hydrogens (tertiary/aromatic N) is 1. The number of nitrogens with one attached hydrogen (secondary N) is 2. The van der Waals surface area contributed by atoms with Gasteiger partial charge in [0.15, 0.2) is 0 Å². The second-order valence-electron chi connectivity index (χ2n) is 4.73. The average Bonchev–Trinajstić information content (AvgIpc) is 2.61. The van der Waals surface area contributed by atoms with E-state index in [9.17, 15) is 14.4 Å². The summed E-state index contributed by atoms with van der Waals surface area (Å²) >= 11 is 0. The minimum atomic E-state index is -0.570. The summed E-state index contributed by atoms with van der Waals surface area (Å²) < 4.78 is 4.42. The summed E-state index contributed by atoms with van der Waals surface area (Å²) in [6.45, 7) is -0.257. The van der Waals surface area contributed by atoms with Crippen molar-refractivity contribution in [3.05, 3.63) is 53.9 Å². The third-order valence-corrected chi connectivity index (χ3v) is 3.09. The molecule has 24 heavy (non-hydrogen) atoms. The molecule has 0 aliphatic heterocycles. The highest BCUT2D eigenvalue weighted by atomic mass is 16.5. The predicted octanol–water partition coefficient (Wildman–Crippen LogP) is 0.819. The van der Waals surface area contributed by atoms with Crippen LogP contribution in [0.4, 0.5) is 11.4 Å². The summed E-state index contributed by atoms with van der Waals surface area (Å²) in [5.74, 6) is -1.51. The van der Waals surface area contributed by atoms with Crippen molar-refractivity contribution in [3.63, 3.8) is 0 Å². The summed E-state index contributed by atoms with van der Waals surface area (Å²) in [7, 11) is 1.22. The maximum absolute atomic E-state index is 12.1. The number of amides is 2. The minimum Gasteiger partial charge on any atom is -0.468 e. The molecular weight excluding hydrogens is 312 g/mol. The number of nitrogens with two attached hydrogens (primary N) is 1. The summed E-state index contributed by atoms with van der Waals surface area (Å²) in [5, 5.41) is 5.01. The predicted molar refractivity (Wildman–Crippen MR) is 87.4 cm³/mol. The number of carbonyl (C=O) groups is 3. The molecule has 0 spiro atoms. The van der Waals surface area contributed by atoms with Gasteiger partial charge in [-0.2, -0.15) is 0 Å². The van der Waals surface area contributed by atoms with Gasteiger partial charge in [0, 0.05) is 6.20 Å². The summed E-state index contributed by atoms with van der Waals surface area (Å²) in [6, 6.07) is 9.69. The zero-order chi connectivity index (χ0) is 17.5. The van der Waals surface area contributed by atoms with Gasteiger partial charge in [0.1, 0.15) is 12.2 Å². The van der Waals surface area contributed by atoms with Crippen LogP contribution in [0.1, 0.15) is 20.8 Å². The molecule has 4 N–H and O–H groups in total. The lowest BCUT2D eigenvalue weighted by Crippen LogP contribution is -2.30. The zero-order valence-corrected chi connectivity index (χ0v) is 12.9. The van der Waals surface area contributed by atoms with E-state index in [1.165, 1.54) is 25.4 Å². The third-order valence-electron chi connectivity index (χ3n) is 3.09. The number of nitrogen functional groups attached to an aromatic ring is 1. The number of ether oxygens (including phenoxy) is 1. The molecule has 0 fully saturated rings. The van der Waals surface area contributed by atoms with Crippen LogP contribution < -0.4 is 16.4 Å². The minimum absolute atomic E-state index is 0.0784. The van der Waals surface area contributed by atoms with E-state index < -0.39 is 17.8 Å². The van der Waals surface area contributed by atoms with Crippen molar-refractivity contribution in [1.82, 2.24) is 10.3 Å². The number of aromatic nitrogens is 1. The molecule has 2 aromatic rings.